The second-order valence-electron chi connectivity index (χ2n) is 4.33. The number of aliphatic imine (C=N–C) groups is 1. The van der Waals surface area contributed by atoms with Crippen LogP contribution in [0.5, 0.6) is 0 Å². The number of pyridine rings is 2. The third-order valence-corrected chi connectivity index (χ3v) is 3.93. The van der Waals surface area contributed by atoms with E-state index in [1.54, 1.807) is 23.7 Å². The van der Waals surface area contributed by atoms with Crippen LogP contribution in [0.1, 0.15) is 4.88 Å². The fourth-order valence-electron chi connectivity index (χ4n) is 2.17. The van der Waals surface area contributed by atoms with Crippen LogP contribution < -0.4 is 5.32 Å². The molecule has 0 spiro atoms. The van der Waals surface area contributed by atoms with Crippen LogP contribution in [0.2, 0.25) is 0 Å². The molecule has 4 heterocycles. The largest absolute Gasteiger partial charge is 0.337 e. The van der Waals surface area contributed by atoms with E-state index in [-0.39, 0.29) is 0 Å². The SMILES string of the molecule is c1csc(C2=Nc3cccnc3-c3ncccc3N2)c1. The highest BCUT2D eigenvalue weighted by Crippen LogP contribution is 2.35. The van der Waals surface area contributed by atoms with Crippen molar-refractivity contribution in [1.29, 1.82) is 0 Å². The Morgan fingerprint density at radius 3 is 2.60 bits per heavy atom. The number of aromatic nitrogens is 2. The van der Waals surface area contributed by atoms with Crippen LogP contribution in [-0.4, -0.2) is 15.8 Å². The number of rotatable bonds is 1. The third kappa shape index (κ3) is 1.80. The second-order valence-corrected chi connectivity index (χ2v) is 5.28. The molecule has 5 heteroatoms. The van der Waals surface area contributed by atoms with Gasteiger partial charge < -0.3 is 5.32 Å². The zero-order valence-electron chi connectivity index (χ0n) is 10.4. The van der Waals surface area contributed by atoms with E-state index in [4.69, 9.17) is 4.99 Å². The van der Waals surface area contributed by atoms with Crippen molar-refractivity contribution in [3.63, 3.8) is 0 Å². The van der Waals surface area contributed by atoms with Gasteiger partial charge in [0.1, 0.15) is 17.2 Å². The first-order valence-electron chi connectivity index (χ1n) is 6.22. The van der Waals surface area contributed by atoms with E-state index < -0.39 is 0 Å². The summed E-state index contributed by atoms with van der Waals surface area (Å²) in [5.41, 5.74) is 3.40. The molecule has 0 saturated carbocycles. The summed E-state index contributed by atoms with van der Waals surface area (Å²) in [7, 11) is 0. The van der Waals surface area contributed by atoms with Gasteiger partial charge in [0.15, 0.2) is 0 Å². The maximum atomic E-state index is 4.71. The number of nitrogens with zero attached hydrogens (tertiary/aromatic N) is 3. The molecule has 0 bridgehead atoms. The van der Waals surface area contributed by atoms with Gasteiger partial charge in [0.2, 0.25) is 0 Å². The van der Waals surface area contributed by atoms with Crippen molar-refractivity contribution in [3.8, 4) is 11.4 Å². The Balaban J connectivity index is 1.98. The molecule has 4 nitrogen and oxygen atoms in total. The molecule has 1 N–H and O–H groups in total. The van der Waals surface area contributed by atoms with Crippen molar-refractivity contribution in [1.82, 2.24) is 9.97 Å². The van der Waals surface area contributed by atoms with Gasteiger partial charge in [-0.1, -0.05) is 6.07 Å². The number of hydrogen-bond donors (Lipinski definition) is 1. The molecule has 0 atom stereocenters. The number of fused-ring (bicyclic) bond motifs is 3. The molecule has 4 rings (SSSR count). The van der Waals surface area contributed by atoms with Crippen molar-refractivity contribution < 1.29 is 0 Å². The van der Waals surface area contributed by atoms with Crippen LogP contribution in [0.4, 0.5) is 11.4 Å². The second kappa shape index (κ2) is 4.54. The van der Waals surface area contributed by atoms with Crippen molar-refractivity contribution in [2.45, 2.75) is 0 Å². The van der Waals surface area contributed by atoms with Crippen LogP contribution in [0.3, 0.4) is 0 Å². The molecule has 96 valence electrons. The molecule has 3 aromatic heterocycles. The lowest BCUT2D eigenvalue weighted by Crippen LogP contribution is -2.11. The molecule has 20 heavy (non-hydrogen) atoms. The van der Waals surface area contributed by atoms with Gasteiger partial charge in [0.05, 0.1) is 16.3 Å². The van der Waals surface area contributed by atoms with E-state index in [1.165, 1.54) is 0 Å². The highest BCUT2D eigenvalue weighted by molar-refractivity contribution is 7.12. The Bertz CT molecular complexity index is 793. The topological polar surface area (TPSA) is 50.2 Å². The highest BCUT2D eigenvalue weighted by atomic mass is 32.1. The lowest BCUT2D eigenvalue weighted by atomic mass is 10.2. The Morgan fingerprint density at radius 1 is 0.900 bits per heavy atom. The van der Waals surface area contributed by atoms with E-state index in [0.717, 1.165) is 33.5 Å². The minimum Gasteiger partial charge on any atom is -0.337 e. The predicted molar refractivity (Wildman–Crippen MR) is 81.6 cm³/mol. The highest BCUT2D eigenvalue weighted by Gasteiger charge is 2.18. The van der Waals surface area contributed by atoms with Crippen LogP contribution in [-0.2, 0) is 0 Å². The normalized spacial score (nSPS) is 12.7. The summed E-state index contributed by atoms with van der Waals surface area (Å²) in [4.78, 5) is 14.7. The Kier molecular flexibility index (Phi) is 2.57. The molecule has 1 aliphatic heterocycles. The van der Waals surface area contributed by atoms with Crippen LogP contribution >= 0.6 is 11.3 Å². The van der Waals surface area contributed by atoms with Crippen LogP contribution in [0.15, 0.2) is 59.2 Å². The van der Waals surface area contributed by atoms with Crippen molar-refractivity contribution in [2.75, 3.05) is 5.32 Å². The molecule has 0 unspecified atom stereocenters. The Labute approximate surface area is 119 Å². The summed E-state index contributed by atoms with van der Waals surface area (Å²) in [6, 6.07) is 11.8. The number of amidine groups is 1. The zero-order chi connectivity index (χ0) is 13.4. The Hall–Kier alpha value is -2.53. The molecule has 0 aromatic carbocycles. The monoisotopic (exact) mass is 278 g/mol. The maximum absolute atomic E-state index is 4.71. The van der Waals surface area contributed by atoms with Gasteiger partial charge in [-0.15, -0.1) is 11.3 Å². The van der Waals surface area contributed by atoms with E-state index in [0.29, 0.717) is 0 Å². The summed E-state index contributed by atoms with van der Waals surface area (Å²) in [6.07, 6.45) is 3.54. The first kappa shape index (κ1) is 11.3. The van der Waals surface area contributed by atoms with Gasteiger partial charge in [0, 0.05) is 12.4 Å². The molecule has 0 amide bonds. The zero-order valence-corrected chi connectivity index (χ0v) is 11.3. The molecule has 0 fully saturated rings. The average molecular weight is 278 g/mol. The number of thiophene rings is 1. The summed E-state index contributed by atoms with van der Waals surface area (Å²) < 4.78 is 0. The predicted octanol–water partition coefficient (Wildman–Crippen LogP) is 3.71. The van der Waals surface area contributed by atoms with E-state index in [2.05, 4.69) is 15.3 Å². The molecule has 3 aromatic rings. The molecule has 0 aliphatic carbocycles. The number of anilines is 1. The van der Waals surface area contributed by atoms with E-state index in [1.807, 2.05) is 41.8 Å². The van der Waals surface area contributed by atoms with E-state index >= 15 is 0 Å². The van der Waals surface area contributed by atoms with Crippen molar-refractivity contribution >= 4 is 28.5 Å². The van der Waals surface area contributed by atoms with Gasteiger partial charge in [-0.3, -0.25) is 9.97 Å². The fourth-order valence-corrected chi connectivity index (χ4v) is 2.84. The molecular weight excluding hydrogens is 268 g/mol. The van der Waals surface area contributed by atoms with Crippen molar-refractivity contribution in [2.24, 2.45) is 4.99 Å². The lowest BCUT2D eigenvalue weighted by molar-refractivity contribution is 1.25. The molecular formula is C15H10N4S. The minimum atomic E-state index is 0.808. The summed E-state index contributed by atoms with van der Waals surface area (Å²) >= 11 is 1.65. The molecule has 0 saturated heterocycles. The van der Waals surface area contributed by atoms with Gasteiger partial charge in [-0.05, 0) is 35.7 Å². The minimum absolute atomic E-state index is 0.808. The van der Waals surface area contributed by atoms with Gasteiger partial charge in [-0.25, -0.2) is 4.99 Å². The standard InChI is InChI=1S/C15H10N4S/c1-4-10-13(16-7-1)14-11(5-2-8-17-14)19-15(18-10)12-6-3-9-20-12/h1-9H,(H,18,19). The van der Waals surface area contributed by atoms with Gasteiger partial charge >= 0.3 is 0 Å². The Morgan fingerprint density at radius 2 is 1.75 bits per heavy atom. The third-order valence-electron chi connectivity index (χ3n) is 3.06. The van der Waals surface area contributed by atoms with Gasteiger partial charge in [0.25, 0.3) is 0 Å². The first-order chi connectivity index (χ1) is 9.92. The van der Waals surface area contributed by atoms with Crippen LogP contribution in [0, 0.1) is 0 Å². The first-order valence-corrected chi connectivity index (χ1v) is 7.10. The molecule has 0 radical (unpaired) electrons. The molecule has 1 aliphatic rings. The van der Waals surface area contributed by atoms with Crippen LogP contribution in [0.25, 0.3) is 11.4 Å². The fraction of sp³-hybridized carbons (Fsp3) is 0. The summed E-state index contributed by atoms with van der Waals surface area (Å²) in [5, 5.41) is 5.41. The summed E-state index contributed by atoms with van der Waals surface area (Å²) in [5.74, 6) is 0.834. The van der Waals surface area contributed by atoms with Gasteiger partial charge in [-0.2, -0.15) is 0 Å². The maximum Gasteiger partial charge on any atom is 0.148 e. The smallest absolute Gasteiger partial charge is 0.148 e. The average Bonchev–Trinajstić information content (AvgIpc) is 2.97. The summed E-state index contributed by atoms with van der Waals surface area (Å²) in [6.45, 7) is 0. The van der Waals surface area contributed by atoms with E-state index in [9.17, 15) is 0 Å². The quantitative estimate of drug-likeness (QED) is 0.738. The number of hydrogen-bond acceptors (Lipinski definition) is 5. The lowest BCUT2D eigenvalue weighted by Gasteiger charge is -2.07. The number of nitrogens with one attached hydrogen (secondary N) is 1. The van der Waals surface area contributed by atoms with Crippen molar-refractivity contribution in [3.05, 3.63) is 59.0 Å².